The molecule has 2 nitrogen and oxygen atoms in total. The second-order valence-electron chi connectivity index (χ2n) is 3.59. The highest BCUT2D eigenvalue weighted by atomic mass is 35.5. The number of aliphatic hydroxyl groups excluding tert-OH is 1. The predicted octanol–water partition coefficient (Wildman–Crippen LogP) is 2.98. The highest BCUT2D eigenvalue weighted by molar-refractivity contribution is 6.32. The Kier molecular flexibility index (Phi) is 6.26. The van der Waals surface area contributed by atoms with E-state index in [0.717, 1.165) is 5.56 Å². The van der Waals surface area contributed by atoms with E-state index >= 15 is 0 Å². The lowest BCUT2D eigenvalue weighted by Crippen LogP contribution is -2.26. The summed E-state index contributed by atoms with van der Waals surface area (Å²) in [4.78, 5) is 0. The van der Waals surface area contributed by atoms with Crippen LogP contribution in [-0.2, 0) is 0 Å². The van der Waals surface area contributed by atoms with Gasteiger partial charge in [0, 0.05) is 5.56 Å². The molecule has 0 radical (unpaired) electrons. The Morgan fingerprint density at radius 1 is 1.50 bits per heavy atom. The highest BCUT2D eigenvalue weighted by Crippen LogP contribution is 2.29. The second kappa shape index (κ2) is 6.40. The Hall–Kier alpha value is -0.350. The molecule has 0 fully saturated rings. The van der Waals surface area contributed by atoms with Crippen molar-refractivity contribution in [2.24, 2.45) is 5.73 Å². The monoisotopic (exact) mass is 267 g/mol. The molecule has 0 aliphatic carbocycles. The molecular weight excluding hydrogens is 252 g/mol. The first kappa shape index (κ1) is 15.7. The van der Waals surface area contributed by atoms with E-state index in [9.17, 15) is 9.50 Å². The molecule has 0 spiro atoms. The molecule has 1 aromatic carbocycles. The van der Waals surface area contributed by atoms with Crippen LogP contribution in [0.2, 0.25) is 5.02 Å². The van der Waals surface area contributed by atoms with Crippen LogP contribution >= 0.6 is 24.0 Å². The van der Waals surface area contributed by atoms with Crippen LogP contribution in [-0.4, -0.2) is 11.2 Å². The summed E-state index contributed by atoms with van der Waals surface area (Å²) in [6.07, 6.45) is -0.316. The smallest absolute Gasteiger partial charge is 0.129 e. The number of benzene rings is 1. The van der Waals surface area contributed by atoms with Crippen LogP contribution in [0, 0.1) is 12.7 Å². The number of halogens is 3. The summed E-state index contributed by atoms with van der Waals surface area (Å²) in [6, 6.07) is 2.13. The van der Waals surface area contributed by atoms with Gasteiger partial charge in [-0.1, -0.05) is 24.6 Å². The first-order valence-corrected chi connectivity index (χ1v) is 5.25. The zero-order valence-corrected chi connectivity index (χ0v) is 10.8. The molecule has 1 aromatic rings. The molecule has 0 saturated carbocycles. The van der Waals surface area contributed by atoms with Gasteiger partial charge in [-0.05, 0) is 25.0 Å². The van der Waals surface area contributed by atoms with E-state index < -0.39 is 18.0 Å². The van der Waals surface area contributed by atoms with Gasteiger partial charge >= 0.3 is 0 Å². The van der Waals surface area contributed by atoms with Crippen molar-refractivity contribution in [1.29, 1.82) is 0 Å². The van der Waals surface area contributed by atoms with E-state index in [1.54, 1.807) is 19.9 Å². The minimum Gasteiger partial charge on any atom is -0.391 e. The van der Waals surface area contributed by atoms with Crippen molar-refractivity contribution in [2.75, 3.05) is 0 Å². The van der Waals surface area contributed by atoms with Gasteiger partial charge in [-0.15, -0.1) is 12.4 Å². The minimum atomic E-state index is -0.779. The molecule has 5 heteroatoms. The third-order valence-electron chi connectivity index (χ3n) is 2.49. The van der Waals surface area contributed by atoms with Crippen LogP contribution in [0.4, 0.5) is 4.39 Å². The highest BCUT2D eigenvalue weighted by Gasteiger charge is 2.22. The van der Waals surface area contributed by atoms with Gasteiger partial charge in [0.25, 0.3) is 0 Å². The van der Waals surface area contributed by atoms with Gasteiger partial charge in [0.1, 0.15) is 5.82 Å². The molecule has 16 heavy (non-hydrogen) atoms. The first-order valence-electron chi connectivity index (χ1n) is 4.87. The Morgan fingerprint density at radius 2 is 2.06 bits per heavy atom. The van der Waals surface area contributed by atoms with E-state index in [1.807, 2.05) is 0 Å². The molecule has 2 atom stereocenters. The van der Waals surface area contributed by atoms with E-state index in [-0.39, 0.29) is 18.0 Å². The Morgan fingerprint density at radius 3 is 2.56 bits per heavy atom. The largest absolute Gasteiger partial charge is 0.391 e. The standard InChI is InChI=1S/C11H15ClFNO.ClH/c1-3-8(15)11(14)9-7(13)5-4-6(2)10(9)12;/h4-5,8,11,15H,3,14H2,1-2H3;1H/t8-,11-;/m0./s1. The average Bonchev–Trinajstić information content (AvgIpc) is 2.22. The molecule has 92 valence electrons. The summed E-state index contributed by atoms with van der Waals surface area (Å²) < 4.78 is 13.5. The second-order valence-corrected chi connectivity index (χ2v) is 3.97. The zero-order chi connectivity index (χ0) is 11.6. The lowest BCUT2D eigenvalue weighted by atomic mass is 9.98. The summed E-state index contributed by atoms with van der Waals surface area (Å²) in [5.74, 6) is -0.467. The van der Waals surface area contributed by atoms with E-state index in [4.69, 9.17) is 17.3 Å². The van der Waals surface area contributed by atoms with Crippen LogP contribution in [0.3, 0.4) is 0 Å². The van der Waals surface area contributed by atoms with Crippen LogP contribution in [0.25, 0.3) is 0 Å². The van der Waals surface area contributed by atoms with Gasteiger partial charge < -0.3 is 10.8 Å². The number of rotatable bonds is 3. The topological polar surface area (TPSA) is 46.2 Å². The average molecular weight is 268 g/mol. The first-order chi connectivity index (χ1) is 6.99. The van der Waals surface area contributed by atoms with Crippen molar-refractivity contribution in [3.8, 4) is 0 Å². The maximum absolute atomic E-state index is 13.5. The van der Waals surface area contributed by atoms with Gasteiger partial charge in [-0.3, -0.25) is 0 Å². The number of aliphatic hydroxyl groups is 1. The van der Waals surface area contributed by atoms with Crippen molar-refractivity contribution in [2.45, 2.75) is 32.4 Å². The van der Waals surface area contributed by atoms with Crippen LogP contribution in [0.15, 0.2) is 12.1 Å². The minimum absolute atomic E-state index is 0. The van der Waals surface area contributed by atoms with Crippen LogP contribution in [0.1, 0.15) is 30.5 Å². The van der Waals surface area contributed by atoms with Crippen LogP contribution in [0.5, 0.6) is 0 Å². The predicted molar refractivity (Wildman–Crippen MR) is 66.6 cm³/mol. The summed E-state index contributed by atoms with van der Waals surface area (Å²) in [5, 5.41) is 9.87. The maximum atomic E-state index is 13.5. The van der Waals surface area contributed by atoms with Gasteiger partial charge in [0.05, 0.1) is 17.2 Å². The number of hydrogen-bond donors (Lipinski definition) is 2. The molecule has 3 N–H and O–H groups in total. The van der Waals surface area contributed by atoms with Crippen molar-refractivity contribution < 1.29 is 9.50 Å². The molecule has 0 bridgehead atoms. The third-order valence-corrected chi connectivity index (χ3v) is 2.99. The van der Waals surface area contributed by atoms with Gasteiger partial charge in [-0.25, -0.2) is 4.39 Å². The number of nitrogens with two attached hydrogens (primary N) is 1. The molecule has 0 unspecified atom stereocenters. The fraction of sp³-hybridized carbons (Fsp3) is 0.455. The Balaban J connectivity index is 0.00000225. The molecule has 1 rings (SSSR count). The van der Waals surface area contributed by atoms with Gasteiger partial charge in [0.15, 0.2) is 0 Å². The van der Waals surface area contributed by atoms with Crippen molar-refractivity contribution in [3.63, 3.8) is 0 Å². The Labute approximate surface area is 106 Å². The summed E-state index contributed by atoms with van der Waals surface area (Å²) in [5.41, 5.74) is 6.70. The summed E-state index contributed by atoms with van der Waals surface area (Å²) in [6.45, 7) is 3.56. The fourth-order valence-electron chi connectivity index (χ4n) is 1.43. The molecular formula is C11H16Cl2FNO. The Bertz CT molecular complexity index is 360. The zero-order valence-electron chi connectivity index (χ0n) is 9.21. The lowest BCUT2D eigenvalue weighted by molar-refractivity contribution is 0.139. The maximum Gasteiger partial charge on any atom is 0.129 e. The van der Waals surface area contributed by atoms with Crippen molar-refractivity contribution >= 4 is 24.0 Å². The lowest BCUT2D eigenvalue weighted by Gasteiger charge is -2.20. The quantitative estimate of drug-likeness (QED) is 0.885. The SMILES string of the molecule is CC[C@H](O)[C@H](N)c1c(F)ccc(C)c1Cl.Cl. The number of hydrogen-bond acceptors (Lipinski definition) is 2. The third kappa shape index (κ3) is 3.08. The molecule has 0 aliphatic rings. The van der Waals surface area contributed by atoms with E-state index in [0.29, 0.717) is 11.4 Å². The van der Waals surface area contributed by atoms with E-state index in [1.165, 1.54) is 6.07 Å². The van der Waals surface area contributed by atoms with Gasteiger partial charge in [0.2, 0.25) is 0 Å². The van der Waals surface area contributed by atoms with Crippen molar-refractivity contribution in [3.05, 3.63) is 34.1 Å². The number of aryl methyl sites for hydroxylation is 1. The van der Waals surface area contributed by atoms with Crippen LogP contribution < -0.4 is 5.73 Å². The normalized spacial score (nSPS) is 14.1. The molecule has 0 amide bonds. The van der Waals surface area contributed by atoms with Gasteiger partial charge in [-0.2, -0.15) is 0 Å². The molecule has 0 saturated heterocycles. The molecule has 0 heterocycles. The fourth-order valence-corrected chi connectivity index (χ4v) is 1.71. The molecule has 0 aromatic heterocycles. The van der Waals surface area contributed by atoms with E-state index in [2.05, 4.69) is 0 Å². The summed E-state index contributed by atoms with van der Waals surface area (Å²) >= 11 is 5.96. The van der Waals surface area contributed by atoms with Crippen molar-refractivity contribution in [1.82, 2.24) is 0 Å². The summed E-state index contributed by atoms with van der Waals surface area (Å²) in [7, 11) is 0. The molecule has 0 aliphatic heterocycles.